The SMILES string of the molecule is CC(C)c1nccc(N2CCN(c3ccc4ncnc(N(C)C)c4c3)CC2)n1. The van der Waals surface area contributed by atoms with Gasteiger partial charge >= 0.3 is 0 Å². The predicted molar refractivity (Wildman–Crippen MR) is 114 cm³/mol. The van der Waals surface area contributed by atoms with Crippen LogP contribution < -0.4 is 14.7 Å². The number of rotatable bonds is 4. The van der Waals surface area contributed by atoms with E-state index in [9.17, 15) is 0 Å². The smallest absolute Gasteiger partial charge is 0.139 e. The second-order valence-electron chi connectivity index (χ2n) is 7.69. The second-order valence-corrected chi connectivity index (χ2v) is 7.69. The summed E-state index contributed by atoms with van der Waals surface area (Å²) in [6, 6.07) is 8.47. The van der Waals surface area contributed by atoms with Crippen molar-refractivity contribution < 1.29 is 0 Å². The molecule has 1 saturated heterocycles. The van der Waals surface area contributed by atoms with Crippen molar-refractivity contribution in [2.24, 2.45) is 0 Å². The van der Waals surface area contributed by atoms with E-state index in [1.165, 1.54) is 5.69 Å². The topological polar surface area (TPSA) is 61.3 Å². The van der Waals surface area contributed by atoms with E-state index in [1.807, 2.05) is 31.3 Å². The fourth-order valence-corrected chi connectivity index (χ4v) is 3.60. The van der Waals surface area contributed by atoms with Gasteiger partial charge in [0.2, 0.25) is 0 Å². The molecule has 7 nitrogen and oxygen atoms in total. The Labute approximate surface area is 166 Å². The fourth-order valence-electron chi connectivity index (χ4n) is 3.60. The van der Waals surface area contributed by atoms with Crippen LogP contribution in [0.15, 0.2) is 36.8 Å². The molecule has 1 aliphatic heterocycles. The molecule has 1 fully saturated rings. The minimum atomic E-state index is 0.340. The summed E-state index contributed by atoms with van der Waals surface area (Å²) in [4.78, 5) is 24.8. The molecule has 4 rings (SSSR count). The van der Waals surface area contributed by atoms with Crippen molar-refractivity contribution in [1.29, 1.82) is 0 Å². The molecule has 1 aromatic carbocycles. The molecule has 0 N–H and O–H groups in total. The number of aromatic nitrogens is 4. The molecule has 0 amide bonds. The number of benzene rings is 1. The van der Waals surface area contributed by atoms with Crippen LogP contribution in [0.4, 0.5) is 17.3 Å². The Hall–Kier alpha value is -2.96. The van der Waals surface area contributed by atoms with Crippen LogP contribution in [-0.2, 0) is 0 Å². The van der Waals surface area contributed by atoms with Gasteiger partial charge in [-0.05, 0) is 24.3 Å². The van der Waals surface area contributed by atoms with Crippen LogP contribution in [0.3, 0.4) is 0 Å². The highest BCUT2D eigenvalue weighted by Gasteiger charge is 2.20. The van der Waals surface area contributed by atoms with Gasteiger partial charge < -0.3 is 14.7 Å². The molecule has 3 aromatic rings. The van der Waals surface area contributed by atoms with Crippen molar-refractivity contribution >= 4 is 28.2 Å². The summed E-state index contributed by atoms with van der Waals surface area (Å²) in [5.41, 5.74) is 2.19. The van der Waals surface area contributed by atoms with Gasteiger partial charge in [-0.1, -0.05) is 13.8 Å². The largest absolute Gasteiger partial charge is 0.368 e. The molecule has 28 heavy (non-hydrogen) atoms. The molecule has 0 aliphatic carbocycles. The van der Waals surface area contributed by atoms with Gasteiger partial charge in [-0.2, -0.15) is 0 Å². The van der Waals surface area contributed by atoms with Crippen molar-refractivity contribution in [2.45, 2.75) is 19.8 Å². The number of piperazine rings is 1. The summed E-state index contributed by atoms with van der Waals surface area (Å²) < 4.78 is 0. The van der Waals surface area contributed by atoms with Gasteiger partial charge in [-0.3, -0.25) is 0 Å². The van der Waals surface area contributed by atoms with Gasteiger partial charge in [-0.15, -0.1) is 0 Å². The highest BCUT2D eigenvalue weighted by molar-refractivity contribution is 5.91. The van der Waals surface area contributed by atoms with Gasteiger partial charge in [0.1, 0.15) is 23.8 Å². The van der Waals surface area contributed by atoms with Crippen LogP contribution in [0, 0.1) is 0 Å². The van der Waals surface area contributed by atoms with Crippen molar-refractivity contribution in [3.63, 3.8) is 0 Å². The molecular formula is C21H27N7. The first-order valence-electron chi connectivity index (χ1n) is 9.78. The zero-order chi connectivity index (χ0) is 19.7. The Balaban J connectivity index is 1.52. The normalized spacial score (nSPS) is 14.8. The standard InChI is InChI=1S/C21H27N7/c1-15(2)20-22-8-7-19(25-20)28-11-9-27(10-12-28)16-5-6-18-17(13-16)21(26(3)4)24-14-23-18/h5-8,13-15H,9-12H2,1-4H3. The molecule has 1 aliphatic rings. The maximum atomic E-state index is 4.74. The van der Waals surface area contributed by atoms with Gasteiger partial charge in [0, 0.05) is 63.5 Å². The lowest BCUT2D eigenvalue weighted by Crippen LogP contribution is -2.46. The molecule has 2 aromatic heterocycles. The first-order valence-corrected chi connectivity index (χ1v) is 9.78. The average Bonchev–Trinajstić information content (AvgIpc) is 2.73. The van der Waals surface area contributed by atoms with Crippen LogP contribution in [-0.4, -0.2) is 60.2 Å². The van der Waals surface area contributed by atoms with Gasteiger partial charge in [0.05, 0.1) is 5.52 Å². The Bertz CT molecular complexity index is 962. The van der Waals surface area contributed by atoms with E-state index in [1.54, 1.807) is 6.33 Å². The number of fused-ring (bicyclic) bond motifs is 1. The van der Waals surface area contributed by atoms with E-state index in [4.69, 9.17) is 4.98 Å². The Morgan fingerprint density at radius 2 is 1.68 bits per heavy atom. The minimum Gasteiger partial charge on any atom is -0.368 e. The number of anilines is 3. The highest BCUT2D eigenvalue weighted by atomic mass is 15.3. The molecule has 0 saturated carbocycles. The van der Waals surface area contributed by atoms with Crippen LogP contribution in [0.25, 0.3) is 10.9 Å². The van der Waals surface area contributed by atoms with E-state index in [2.05, 4.69) is 56.8 Å². The Morgan fingerprint density at radius 3 is 2.39 bits per heavy atom. The Morgan fingerprint density at radius 1 is 0.929 bits per heavy atom. The van der Waals surface area contributed by atoms with Crippen molar-refractivity contribution in [1.82, 2.24) is 19.9 Å². The molecule has 7 heteroatoms. The molecule has 146 valence electrons. The van der Waals surface area contributed by atoms with Gasteiger partial charge in [0.15, 0.2) is 0 Å². The molecule has 0 bridgehead atoms. The monoisotopic (exact) mass is 377 g/mol. The first kappa shape index (κ1) is 18.4. The lowest BCUT2D eigenvalue weighted by Gasteiger charge is -2.37. The van der Waals surface area contributed by atoms with Crippen LogP contribution in [0.1, 0.15) is 25.6 Å². The van der Waals surface area contributed by atoms with Crippen molar-refractivity contribution in [2.75, 3.05) is 55.0 Å². The maximum absolute atomic E-state index is 4.74. The summed E-state index contributed by atoms with van der Waals surface area (Å²) in [6.45, 7) is 8.05. The van der Waals surface area contributed by atoms with Crippen molar-refractivity contribution in [3.05, 3.63) is 42.6 Å². The van der Waals surface area contributed by atoms with Gasteiger partial charge in [-0.25, -0.2) is 19.9 Å². The molecule has 0 spiro atoms. The molecule has 0 unspecified atom stereocenters. The summed E-state index contributed by atoms with van der Waals surface area (Å²) in [7, 11) is 4.03. The Kier molecular flexibility index (Phi) is 4.98. The lowest BCUT2D eigenvalue weighted by atomic mass is 10.1. The number of hydrogen-bond donors (Lipinski definition) is 0. The summed E-state index contributed by atoms with van der Waals surface area (Å²) in [6.07, 6.45) is 3.50. The summed E-state index contributed by atoms with van der Waals surface area (Å²) in [5, 5.41) is 1.09. The molecular weight excluding hydrogens is 350 g/mol. The minimum absolute atomic E-state index is 0.340. The highest BCUT2D eigenvalue weighted by Crippen LogP contribution is 2.27. The quantitative estimate of drug-likeness (QED) is 0.693. The zero-order valence-corrected chi connectivity index (χ0v) is 17.0. The van der Waals surface area contributed by atoms with Crippen LogP contribution >= 0.6 is 0 Å². The molecule has 0 radical (unpaired) electrons. The van der Waals surface area contributed by atoms with Crippen LogP contribution in [0.2, 0.25) is 0 Å². The first-order chi connectivity index (χ1) is 13.5. The third-order valence-electron chi connectivity index (χ3n) is 5.17. The number of hydrogen-bond acceptors (Lipinski definition) is 7. The van der Waals surface area contributed by atoms with E-state index < -0.39 is 0 Å². The maximum Gasteiger partial charge on any atom is 0.139 e. The van der Waals surface area contributed by atoms with E-state index in [0.717, 1.165) is 54.5 Å². The fraction of sp³-hybridized carbons (Fsp3) is 0.429. The third kappa shape index (κ3) is 3.56. The predicted octanol–water partition coefficient (Wildman–Crippen LogP) is 2.94. The molecule has 0 atom stereocenters. The lowest BCUT2D eigenvalue weighted by molar-refractivity contribution is 0.642. The zero-order valence-electron chi connectivity index (χ0n) is 17.0. The second kappa shape index (κ2) is 7.58. The average molecular weight is 377 g/mol. The van der Waals surface area contributed by atoms with E-state index in [-0.39, 0.29) is 0 Å². The molecule has 3 heterocycles. The summed E-state index contributed by atoms with van der Waals surface area (Å²) in [5.74, 6) is 3.23. The van der Waals surface area contributed by atoms with E-state index in [0.29, 0.717) is 5.92 Å². The summed E-state index contributed by atoms with van der Waals surface area (Å²) >= 11 is 0. The van der Waals surface area contributed by atoms with Crippen molar-refractivity contribution in [3.8, 4) is 0 Å². The van der Waals surface area contributed by atoms with E-state index >= 15 is 0 Å². The third-order valence-corrected chi connectivity index (χ3v) is 5.17. The number of nitrogens with zero attached hydrogens (tertiary/aromatic N) is 7. The van der Waals surface area contributed by atoms with Gasteiger partial charge in [0.25, 0.3) is 0 Å². The van der Waals surface area contributed by atoms with Crippen LogP contribution in [0.5, 0.6) is 0 Å².